The van der Waals surface area contributed by atoms with Gasteiger partial charge in [0.25, 0.3) is 5.69 Å². The fourth-order valence-electron chi connectivity index (χ4n) is 2.37. The number of aromatic nitrogens is 1. The number of para-hydroxylation sites is 1. The Labute approximate surface area is 114 Å². The van der Waals surface area contributed by atoms with Crippen molar-refractivity contribution in [2.75, 3.05) is 0 Å². The molecule has 3 rings (SSSR count). The summed E-state index contributed by atoms with van der Waals surface area (Å²) in [7, 11) is 0. The number of phenolic OH excluding ortho intramolecular Hbond substituents is 1. The molecule has 0 bridgehead atoms. The van der Waals surface area contributed by atoms with Gasteiger partial charge in [-0.25, -0.2) is 0 Å². The molecule has 0 saturated heterocycles. The molecule has 0 saturated carbocycles. The minimum Gasteiger partial charge on any atom is -0.508 e. The maximum absolute atomic E-state index is 11.1. The van der Waals surface area contributed by atoms with E-state index in [1.165, 1.54) is 6.07 Å². The molecule has 5 nitrogen and oxygen atoms in total. The summed E-state index contributed by atoms with van der Waals surface area (Å²) in [4.78, 5) is 10.8. The van der Waals surface area contributed by atoms with Crippen molar-refractivity contribution in [3.8, 4) is 5.75 Å². The second-order valence-electron chi connectivity index (χ2n) is 4.59. The van der Waals surface area contributed by atoms with Crippen molar-refractivity contribution >= 4 is 16.6 Å². The first-order chi connectivity index (χ1) is 9.65. The molecule has 0 aliphatic carbocycles. The van der Waals surface area contributed by atoms with Crippen LogP contribution in [0.15, 0.2) is 54.7 Å². The lowest BCUT2D eigenvalue weighted by molar-refractivity contribution is -0.383. The first-order valence-corrected chi connectivity index (χ1v) is 6.15. The zero-order valence-corrected chi connectivity index (χ0v) is 10.6. The third kappa shape index (κ3) is 2.09. The fraction of sp³-hybridized carbons (Fsp3) is 0.0667. The Morgan fingerprint density at radius 2 is 1.95 bits per heavy atom. The Bertz CT molecular complexity index is 793. The normalized spacial score (nSPS) is 10.8. The number of rotatable bonds is 3. The van der Waals surface area contributed by atoms with Gasteiger partial charge in [0.1, 0.15) is 11.3 Å². The van der Waals surface area contributed by atoms with Crippen molar-refractivity contribution in [3.05, 3.63) is 70.4 Å². The number of hydrogen-bond acceptors (Lipinski definition) is 3. The van der Waals surface area contributed by atoms with Gasteiger partial charge in [-0.15, -0.1) is 0 Å². The zero-order chi connectivity index (χ0) is 14.1. The van der Waals surface area contributed by atoms with E-state index in [2.05, 4.69) is 0 Å². The first-order valence-electron chi connectivity index (χ1n) is 6.15. The van der Waals surface area contributed by atoms with Crippen molar-refractivity contribution in [1.29, 1.82) is 0 Å². The molecule has 0 fully saturated rings. The molecule has 0 aliphatic heterocycles. The molecule has 1 heterocycles. The Kier molecular flexibility index (Phi) is 2.87. The van der Waals surface area contributed by atoms with E-state index in [4.69, 9.17) is 0 Å². The van der Waals surface area contributed by atoms with Gasteiger partial charge in [-0.05, 0) is 23.8 Å². The molecule has 0 radical (unpaired) electrons. The van der Waals surface area contributed by atoms with Crippen LogP contribution in [0.4, 0.5) is 5.69 Å². The van der Waals surface area contributed by atoms with Gasteiger partial charge in [0.15, 0.2) is 0 Å². The average molecular weight is 268 g/mol. The molecule has 0 unspecified atom stereocenters. The van der Waals surface area contributed by atoms with E-state index in [1.54, 1.807) is 24.3 Å². The summed E-state index contributed by atoms with van der Waals surface area (Å²) in [6.45, 7) is 0.475. The van der Waals surface area contributed by atoms with Crippen LogP contribution in [0.2, 0.25) is 0 Å². The monoisotopic (exact) mass is 268 g/mol. The van der Waals surface area contributed by atoms with Crippen LogP contribution >= 0.6 is 0 Å². The predicted molar refractivity (Wildman–Crippen MR) is 75.8 cm³/mol. The number of fused-ring (bicyclic) bond motifs is 1. The van der Waals surface area contributed by atoms with Crippen molar-refractivity contribution in [2.45, 2.75) is 6.54 Å². The van der Waals surface area contributed by atoms with Gasteiger partial charge in [0.2, 0.25) is 0 Å². The van der Waals surface area contributed by atoms with E-state index in [1.807, 2.05) is 29.0 Å². The first kappa shape index (κ1) is 12.2. The van der Waals surface area contributed by atoms with Crippen molar-refractivity contribution in [3.63, 3.8) is 0 Å². The van der Waals surface area contributed by atoms with Gasteiger partial charge < -0.3 is 9.67 Å². The Balaban J connectivity index is 2.10. The van der Waals surface area contributed by atoms with Gasteiger partial charge in [0.05, 0.1) is 4.92 Å². The number of non-ortho nitro benzene ring substituents is 1. The van der Waals surface area contributed by atoms with E-state index in [9.17, 15) is 15.2 Å². The SMILES string of the molecule is O=[N+]([O-])c1cccc2ccn(Cc3cccc(O)c3)c12. The standard InChI is InChI=1S/C15H12N2O3/c18-13-5-1-3-11(9-13)10-16-8-7-12-4-2-6-14(15(12)16)17(19)20/h1-9,18H,10H2. The number of benzene rings is 2. The van der Waals surface area contributed by atoms with Crippen LogP contribution in [0.5, 0.6) is 5.75 Å². The van der Waals surface area contributed by atoms with E-state index < -0.39 is 0 Å². The number of nitro benzene ring substituents is 1. The Hall–Kier alpha value is -2.82. The minimum absolute atomic E-state index is 0.0904. The predicted octanol–water partition coefficient (Wildman–Crippen LogP) is 3.30. The quantitative estimate of drug-likeness (QED) is 0.585. The number of aromatic hydroxyl groups is 1. The molecule has 0 atom stereocenters. The molecule has 20 heavy (non-hydrogen) atoms. The van der Waals surface area contributed by atoms with Crippen LogP contribution in [0.3, 0.4) is 0 Å². The van der Waals surface area contributed by atoms with Gasteiger partial charge in [-0.1, -0.05) is 24.3 Å². The third-order valence-corrected chi connectivity index (χ3v) is 3.23. The van der Waals surface area contributed by atoms with E-state index >= 15 is 0 Å². The Morgan fingerprint density at radius 1 is 1.15 bits per heavy atom. The van der Waals surface area contributed by atoms with Crippen LogP contribution in [-0.2, 0) is 6.54 Å². The van der Waals surface area contributed by atoms with Crippen LogP contribution in [0.1, 0.15) is 5.56 Å². The second-order valence-corrected chi connectivity index (χ2v) is 4.59. The number of nitro groups is 1. The average Bonchev–Trinajstić information content (AvgIpc) is 2.82. The minimum atomic E-state index is -0.374. The van der Waals surface area contributed by atoms with Crippen molar-refractivity contribution in [1.82, 2.24) is 4.57 Å². The molecule has 2 aromatic carbocycles. The molecular formula is C15H12N2O3. The van der Waals surface area contributed by atoms with Gasteiger partial charge in [-0.2, -0.15) is 0 Å². The molecule has 1 aromatic heterocycles. The van der Waals surface area contributed by atoms with Gasteiger partial charge in [-0.3, -0.25) is 10.1 Å². The van der Waals surface area contributed by atoms with Crippen LogP contribution in [-0.4, -0.2) is 14.6 Å². The highest BCUT2D eigenvalue weighted by atomic mass is 16.6. The van der Waals surface area contributed by atoms with Crippen LogP contribution in [0.25, 0.3) is 10.9 Å². The van der Waals surface area contributed by atoms with Gasteiger partial charge in [0, 0.05) is 24.2 Å². The second kappa shape index (κ2) is 4.70. The Morgan fingerprint density at radius 3 is 2.70 bits per heavy atom. The fourth-order valence-corrected chi connectivity index (χ4v) is 2.37. The molecule has 100 valence electrons. The zero-order valence-electron chi connectivity index (χ0n) is 10.6. The molecule has 1 N–H and O–H groups in total. The molecule has 5 heteroatoms. The lowest BCUT2D eigenvalue weighted by Crippen LogP contribution is -2.00. The summed E-state index contributed by atoms with van der Waals surface area (Å²) in [5.41, 5.74) is 1.58. The van der Waals surface area contributed by atoms with Crippen LogP contribution in [0, 0.1) is 10.1 Å². The summed E-state index contributed by atoms with van der Waals surface area (Å²) >= 11 is 0. The summed E-state index contributed by atoms with van der Waals surface area (Å²) in [6.07, 6.45) is 1.82. The molecule has 0 aliphatic rings. The smallest absolute Gasteiger partial charge is 0.293 e. The largest absolute Gasteiger partial charge is 0.508 e. The van der Waals surface area contributed by atoms with Crippen LogP contribution < -0.4 is 0 Å². The van der Waals surface area contributed by atoms with Crippen molar-refractivity contribution in [2.24, 2.45) is 0 Å². The summed E-state index contributed by atoms with van der Waals surface area (Å²) in [6, 6.07) is 13.8. The highest BCUT2D eigenvalue weighted by Crippen LogP contribution is 2.27. The highest BCUT2D eigenvalue weighted by Gasteiger charge is 2.15. The lowest BCUT2D eigenvalue weighted by atomic mass is 10.2. The maximum atomic E-state index is 11.1. The van der Waals surface area contributed by atoms with Crippen molar-refractivity contribution < 1.29 is 10.0 Å². The lowest BCUT2D eigenvalue weighted by Gasteiger charge is -2.06. The molecular weight excluding hydrogens is 256 g/mol. The summed E-state index contributed by atoms with van der Waals surface area (Å²) < 4.78 is 1.82. The molecule has 0 amide bonds. The topological polar surface area (TPSA) is 68.3 Å². The number of phenols is 1. The maximum Gasteiger partial charge on any atom is 0.293 e. The summed E-state index contributed by atoms with van der Waals surface area (Å²) in [5.74, 6) is 0.188. The van der Waals surface area contributed by atoms with E-state index in [0.29, 0.717) is 12.1 Å². The number of hydrogen-bond donors (Lipinski definition) is 1. The van der Waals surface area contributed by atoms with E-state index in [-0.39, 0.29) is 16.4 Å². The summed E-state index contributed by atoms with van der Waals surface area (Å²) in [5, 5.41) is 21.4. The van der Waals surface area contributed by atoms with Gasteiger partial charge >= 0.3 is 0 Å². The van der Waals surface area contributed by atoms with E-state index in [0.717, 1.165) is 10.9 Å². The number of nitrogens with zero attached hydrogens (tertiary/aromatic N) is 2. The molecule has 3 aromatic rings. The highest BCUT2D eigenvalue weighted by molar-refractivity contribution is 5.88. The molecule has 0 spiro atoms. The third-order valence-electron chi connectivity index (χ3n) is 3.23.